The minimum atomic E-state index is -0.390. The van der Waals surface area contributed by atoms with E-state index in [1.54, 1.807) is 0 Å². The highest BCUT2D eigenvalue weighted by Crippen LogP contribution is 2.52. The Bertz CT molecular complexity index is 2190. The Morgan fingerprint density at radius 1 is 0.375 bits per heavy atom. The molecule has 4 heteroatoms. The van der Waals surface area contributed by atoms with E-state index >= 15 is 0 Å². The van der Waals surface area contributed by atoms with Crippen LogP contribution in [0.25, 0.3) is 22.2 Å². The molecular weight excluding hydrogens is 685 g/mol. The van der Waals surface area contributed by atoms with Gasteiger partial charge in [0.05, 0.1) is 22.6 Å². The van der Waals surface area contributed by atoms with Crippen LogP contribution in [0, 0.1) is 27.7 Å². The molecule has 2 atom stereocenters. The Labute approximate surface area is 333 Å². The van der Waals surface area contributed by atoms with Crippen molar-refractivity contribution in [1.29, 1.82) is 0 Å². The van der Waals surface area contributed by atoms with E-state index in [0.29, 0.717) is 0 Å². The molecule has 0 heterocycles. The van der Waals surface area contributed by atoms with Crippen molar-refractivity contribution in [2.45, 2.75) is 92.6 Å². The molecule has 4 nitrogen and oxygen atoms in total. The molecular formula is C52H54N2O2. The molecule has 0 saturated heterocycles. The summed E-state index contributed by atoms with van der Waals surface area (Å²) in [5.41, 5.74) is 15.4. The lowest BCUT2D eigenvalue weighted by atomic mass is 9.80. The smallest absolute Gasteiger partial charge is 0.104 e. The van der Waals surface area contributed by atoms with Crippen LogP contribution >= 0.6 is 0 Å². The second-order valence-corrected chi connectivity index (χ2v) is 17.6. The number of hydrogen-bond donors (Lipinski definition) is 0. The Morgan fingerprint density at radius 2 is 0.643 bits per heavy atom. The summed E-state index contributed by atoms with van der Waals surface area (Å²) in [6.45, 7) is 21.4. The van der Waals surface area contributed by atoms with Crippen molar-refractivity contribution < 1.29 is 9.47 Å². The van der Waals surface area contributed by atoms with E-state index < -0.39 is 11.2 Å². The largest absolute Gasteiger partial charge is 0.364 e. The average Bonchev–Trinajstić information content (AvgIpc) is 3.14. The van der Waals surface area contributed by atoms with Gasteiger partial charge in [-0.3, -0.25) is 0 Å². The second-order valence-electron chi connectivity index (χ2n) is 17.6. The Morgan fingerprint density at radius 3 is 0.893 bits per heavy atom. The normalized spacial score (nSPS) is 16.4. The third-order valence-electron chi connectivity index (χ3n) is 10.6. The minimum Gasteiger partial charge on any atom is -0.364 e. The summed E-state index contributed by atoms with van der Waals surface area (Å²) in [4.78, 5) is 4.80. The molecule has 0 aromatic heterocycles. The fourth-order valence-electron chi connectivity index (χ4n) is 8.07. The van der Waals surface area contributed by atoms with Gasteiger partial charge in [0.15, 0.2) is 0 Å². The molecule has 284 valence electrons. The molecule has 0 fully saturated rings. The molecule has 2 unspecified atom stereocenters. The Kier molecular flexibility index (Phi) is 9.55. The molecule has 0 radical (unpaired) electrons. The van der Waals surface area contributed by atoms with Gasteiger partial charge in [-0.1, -0.05) is 95.1 Å². The van der Waals surface area contributed by atoms with E-state index in [9.17, 15) is 0 Å². The molecule has 0 amide bonds. The first kappa shape index (κ1) is 37.5. The third-order valence-corrected chi connectivity index (χ3v) is 10.6. The van der Waals surface area contributed by atoms with Crippen LogP contribution in [0.5, 0.6) is 0 Å². The van der Waals surface area contributed by atoms with Gasteiger partial charge >= 0.3 is 0 Å². The molecule has 0 spiro atoms. The molecule has 6 aromatic carbocycles. The second kappa shape index (κ2) is 14.3. The van der Waals surface area contributed by atoms with Gasteiger partial charge in [0.2, 0.25) is 0 Å². The fraction of sp³-hybridized carbons (Fsp3) is 0.269. The maximum absolute atomic E-state index is 7.03. The van der Waals surface area contributed by atoms with Crippen LogP contribution in [0.1, 0.15) is 98.3 Å². The number of benzene rings is 6. The summed E-state index contributed by atoms with van der Waals surface area (Å²) in [7, 11) is 0. The van der Waals surface area contributed by atoms with E-state index in [0.717, 1.165) is 34.1 Å². The lowest BCUT2D eigenvalue weighted by Gasteiger charge is -2.39. The summed E-state index contributed by atoms with van der Waals surface area (Å²) >= 11 is 0. The standard InChI is InChI=1S/C52H54N2O2/c1-33-11-19-37(20-12-33)53(38-21-13-34(2)14-22-38)45-31-47(55-51(5,6)7)43-30-28-42-46(32-48(56-52(8,9)10)44-29-27-41(45)49(43)50(42)44)54(39-23-15-35(3)16-24-39)40-25-17-36(4)18-26-40/h11-32,47-48H,1-10H3. The van der Waals surface area contributed by atoms with Crippen molar-refractivity contribution in [1.82, 2.24) is 0 Å². The van der Waals surface area contributed by atoms with Crippen LogP contribution in [-0.2, 0) is 9.47 Å². The monoisotopic (exact) mass is 738 g/mol. The van der Waals surface area contributed by atoms with Crippen molar-refractivity contribution >= 4 is 44.9 Å². The first-order valence-corrected chi connectivity index (χ1v) is 19.9. The molecule has 0 N–H and O–H groups in total. The maximum Gasteiger partial charge on any atom is 0.104 e. The summed E-state index contributed by atoms with van der Waals surface area (Å²) in [6, 6.07) is 44.6. The van der Waals surface area contributed by atoms with Crippen LogP contribution in [0.4, 0.5) is 22.7 Å². The molecule has 2 aliphatic carbocycles. The zero-order valence-electron chi connectivity index (χ0n) is 34.6. The lowest BCUT2D eigenvalue weighted by Crippen LogP contribution is -2.28. The predicted octanol–water partition coefficient (Wildman–Crippen LogP) is 14.2. The number of anilines is 4. The van der Waals surface area contributed by atoms with Gasteiger partial charge < -0.3 is 19.3 Å². The van der Waals surface area contributed by atoms with Gasteiger partial charge in [0.25, 0.3) is 0 Å². The van der Waals surface area contributed by atoms with Crippen LogP contribution in [0.2, 0.25) is 0 Å². The fourth-order valence-corrected chi connectivity index (χ4v) is 8.07. The van der Waals surface area contributed by atoms with Crippen molar-refractivity contribution in [2.24, 2.45) is 0 Å². The number of ether oxygens (including phenoxy) is 2. The summed E-state index contributed by atoms with van der Waals surface area (Å²) in [5, 5.41) is 2.41. The van der Waals surface area contributed by atoms with Crippen LogP contribution in [0.15, 0.2) is 133 Å². The highest BCUT2D eigenvalue weighted by atomic mass is 16.5. The summed E-state index contributed by atoms with van der Waals surface area (Å²) < 4.78 is 14.1. The molecule has 56 heavy (non-hydrogen) atoms. The minimum absolute atomic E-state index is 0.290. The number of nitrogens with zero attached hydrogens (tertiary/aromatic N) is 2. The van der Waals surface area contributed by atoms with Gasteiger partial charge in [-0.2, -0.15) is 0 Å². The maximum atomic E-state index is 7.03. The molecule has 6 aromatic rings. The number of aryl methyl sites for hydroxylation is 4. The highest BCUT2D eigenvalue weighted by Gasteiger charge is 2.36. The predicted molar refractivity (Wildman–Crippen MR) is 236 cm³/mol. The first-order valence-electron chi connectivity index (χ1n) is 19.9. The molecule has 2 aliphatic rings. The van der Waals surface area contributed by atoms with Crippen LogP contribution < -0.4 is 9.80 Å². The van der Waals surface area contributed by atoms with Gasteiger partial charge in [0.1, 0.15) is 12.2 Å². The number of hydrogen-bond acceptors (Lipinski definition) is 4. The van der Waals surface area contributed by atoms with Gasteiger partial charge in [-0.25, -0.2) is 0 Å². The SMILES string of the molecule is Cc1ccc(N(C2=CC(OC(C)(C)C)c3ccc4c5c(ccc2c35)C(OC(C)(C)C)C=C4N(c2ccc(C)cc2)c2ccc(C)cc2)c2ccc(C)cc2)cc1. The van der Waals surface area contributed by atoms with Gasteiger partial charge in [-0.05, 0) is 152 Å². The number of rotatable bonds is 8. The van der Waals surface area contributed by atoms with E-state index in [2.05, 4.69) is 213 Å². The van der Waals surface area contributed by atoms with Crippen LogP contribution in [-0.4, -0.2) is 11.2 Å². The zero-order chi connectivity index (χ0) is 39.5. The van der Waals surface area contributed by atoms with Crippen molar-refractivity contribution in [3.8, 4) is 0 Å². The van der Waals surface area contributed by atoms with Crippen LogP contribution in [0.3, 0.4) is 0 Å². The van der Waals surface area contributed by atoms with Crippen molar-refractivity contribution in [2.75, 3.05) is 9.80 Å². The summed E-state index contributed by atoms with van der Waals surface area (Å²) in [6.07, 6.45) is 4.08. The third kappa shape index (κ3) is 7.32. The van der Waals surface area contributed by atoms with E-state index in [1.165, 1.54) is 55.3 Å². The van der Waals surface area contributed by atoms with E-state index in [-0.39, 0.29) is 12.2 Å². The van der Waals surface area contributed by atoms with Gasteiger partial charge in [0, 0.05) is 33.9 Å². The first-order chi connectivity index (χ1) is 26.6. The molecule has 0 saturated carbocycles. The van der Waals surface area contributed by atoms with E-state index in [4.69, 9.17) is 9.47 Å². The van der Waals surface area contributed by atoms with Crippen molar-refractivity contribution in [3.63, 3.8) is 0 Å². The summed E-state index contributed by atoms with van der Waals surface area (Å²) in [5.74, 6) is 0. The topological polar surface area (TPSA) is 24.9 Å². The quantitative estimate of drug-likeness (QED) is 0.155. The lowest BCUT2D eigenvalue weighted by molar-refractivity contribution is -0.0400. The zero-order valence-corrected chi connectivity index (χ0v) is 34.6. The molecule has 0 aliphatic heterocycles. The molecule has 0 bridgehead atoms. The molecule has 8 rings (SSSR count). The average molecular weight is 739 g/mol. The van der Waals surface area contributed by atoms with Crippen molar-refractivity contribution in [3.05, 3.63) is 178 Å². The van der Waals surface area contributed by atoms with E-state index in [1.807, 2.05) is 0 Å². The Balaban J connectivity index is 1.43. The highest BCUT2D eigenvalue weighted by molar-refractivity contribution is 6.11. The Hall–Kier alpha value is -5.42. The van der Waals surface area contributed by atoms with Gasteiger partial charge in [-0.15, -0.1) is 0 Å².